The molecule has 31 atom stereocenters. The molecular weight excluding hydrogens is 1150 g/mol. The van der Waals surface area contributed by atoms with Crippen LogP contribution < -0.4 is 21.3 Å². The number of ether oxygens (including phenoxy) is 11. The summed E-state index contributed by atoms with van der Waals surface area (Å²) in [6.07, 6.45) is -52.4. The lowest BCUT2D eigenvalue weighted by molar-refractivity contribution is -0.382. The number of aliphatic hydroxyl groups is 16. The smallest absolute Gasteiger partial charge is 0.364 e. The molecule has 6 heterocycles. The largest absolute Gasteiger partial charge is 0.477 e. The molecule has 0 radical (unpaired) electrons. The van der Waals surface area contributed by atoms with Gasteiger partial charge in [0.15, 0.2) is 31.5 Å². The predicted octanol–water partition coefficient (Wildman–Crippen LogP) is -13.3. The Kier molecular flexibility index (Phi) is 24.4. The highest BCUT2D eigenvalue weighted by Crippen LogP contribution is 2.40. The van der Waals surface area contributed by atoms with E-state index in [1.807, 2.05) is 0 Å². The van der Waals surface area contributed by atoms with Gasteiger partial charge in [-0.3, -0.25) is 19.2 Å². The Hall–Kier alpha value is -3.73. The van der Waals surface area contributed by atoms with Crippen LogP contribution in [0.25, 0.3) is 0 Å². The molecule has 0 aromatic carbocycles. The van der Waals surface area contributed by atoms with Crippen molar-refractivity contribution in [2.24, 2.45) is 0 Å². The van der Waals surface area contributed by atoms with Crippen LogP contribution in [0.1, 0.15) is 41.0 Å². The zero-order valence-electron chi connectivity index (χ0n) is 45.7. The molecule has 6 rings (SSSR count). The maximum absolute atomic E-state index is 13.1. The maximum Gasteiger partial charge on any atom is 0.364 e. The summed E-state index contributed by atoms with van der Waals surface area (Å²) in [5.41, 5.74) is 0. The summed E-state index contributed by atoms with van der Waals surface area (Å²) in [6.45, 7) is 0.0339. The van der Waals surface area contributed by atoms with Crippen LogP contribution in [0, 0.1) is 0 Å². The topological polar surface area (TPSA) is 579 Å². The zero-order chi connectivity index (χ0) is 62.6. The second kappa shape index (κ2) is 29.5. The number of nitrogens with one attached hydrogen (secondary N) is 4. The van der Waals surface area contributed by atoms with Crippen molar-refractivity contribution < 1.29 is 163 Å². The molecule has 0 aliphatic carbocycles. The molecule has 484 valence electrons. The lowest BCUT2D eigenvalue weighted by atomic mass is 9.88. The molecular formula is C47H78N4O33. The van der Waals surface area contributed by atoms with E-state index in [0.29, 0.717) is 0 Å². The fourth-order valence-electron chi connectivity index (χ4n) is 10.7. The van der Waals surface area contributed by atoms with Crippen LogP contribution >= 0.6 is 0 Å². The van der Waals surface area contributed by atoms with Gasteiger partial charge in [0.2, 0.25) is 23.6 Å². The number of aliphatic carboxylic acids is 1. The average molecular weight is 1230 g/mol. The molecule has 0 unspecified atom stereocenters. The van der Waals surface area contributed by atoms with E-state index in [1.165, 1.54) is 6.92 Å². The molecule has 0 aromatic heterocycles. The van der Waals surface area contributed by atoms with Crippen LogP contribution in [0.5, 0.6) is 0 Å². The van der Waals surface area contributed by atoms with Gasteiger partial charge in [0, 0.05) is 34.1 Å². The third kappa shape index (κ3) is 15.4. The summed E-state index contributed by atoms with van der Waals surface area (Å²) in [5, 5.41) is 194. The second-order valence-corrected chi connectivity index (χ2v) is 21.2. The molecule has 0 bridgehead atoms. The summed E-state index contributed by atoms with van der Waals surface area (Å²) in [7, 11) is 0. The highest BCUT2D eigenvalue weighted by molar-refractivity contribution is 5.77. The highest BCUT2D eigenvalue weighted by Gasteiger charge is 2.61. The molecule has 84 heavy (non-hydrogen) atoms. The van der Waals surface area contributed by atoms with Crippen molar-refractivity contribution in [3.63, 3.8) is 0 Å². The second-order valence-electron chi connectivity index (χ2n) is 21.2. The van der Waals surface area contributed by atoms with Gasteiger partial charge < -0.3 is 160 Å². The van der Waals surface area contributed by atoms with Gasteiger partial charge in [-0.1, -0.05) is 0 Å². The van der Waals surface area contributed by atoms with Gasteiger partial charge in [-0.25, -0.2) is 4.79 Å². The van der Waals surface area contributed by atoms with E-state index in [1.54, 1.807) is 0 Å². The number of hydrogen-bond acceptors (Lipinski definition) is 32. The van der Waals surface area contributed by atoms with Gasteiger partial charge in [-0.15, -0.1) is 0 Å². The van der Waals surface area contributed by atoms with E-state index >= 15 is 0 Å². The minimum atomic E-state index is -3.22. The number of hydrogen-bond donors (Lipinski definition) is 21. The lowest BCUT2D eigenvalue weighted by Gasteiger charge is -2.51. The minimum Gasteiger partial charge on any atom is -0.477 e. The van der Waals surface area contributed by atoms with E-state index in [4.69, 9.17) is 52.1 Å². The Bertz CT molecular complexity index is 2200. The first-order valence-corrected chi connectivity index (χ1v) is 26.6. The van der Waals surface area contributed by atoms with Crippen molar-refractivity contribution in [3.05, 3.63) is 0 Å². The third-order valence-electron chi connectivity index (χ3n) is 15.0. The highest BCUT2D eigenvalue weighted by atomic mass is 16.8. The van der Waals surface area contributed by atoms with Crippen LogP contribution in [0.4, 0.5) is 0 Å². The fourth-order valence-corrected chi connectivity index (χ4v) is 10.7. The normalized spacial score (nSPS) is 45.3. The number of carboxylic acids is 1. The number of amides is 4. The van der Waals surface area contributed by atoms with Crippen LogP contribution in [-0.4, -0.2) is 339 Å². The number of carbonyl (C=O) groups is 5. The maximum atomic E-state index is 13.1. The molecule has 37 nitrogen and oxygen atoms in total. The van der Waals surface area contributed by atoms with Crippen LogP contribution in [0.3, 0.4) is 0 Å². The van der Waals surface area contributed by atoms with Gasteiger partial charge in [-0.2, -0.15) is 0 Å². The summed E-state index contributed by atoms with van der Waals surface area (Å²) >= 11 is 0. The van der Waals surface area contributed by atoms with Gasteiger partial charge in [0.25, 0.3) is 5.79 Å². The first kappa shape index (κ1) is 69.4. The Morgan fingerprint density at radius 2 is 1.01 bits per heavy atom. The van der Waals surface area contributed by atoms with Gasteiger partial charge in [0.1, 0.15) is 134 Å². The Morgan fingerprint density at radius 1 is 0.512 bits per heavy atom. The summed E-state index contributed by atoms with van der Waals surface area (Å²) in [4.78, 5) is 63.3. The van der Waals surface area contributed by atoms with Crippen molar-refractivity contribution in [1.82, 2.24) is 21.3 Å². The Morgan fingerprint density at radius 3 is 1.58 bits per heavy atom. The predicted molar refractivity (Wildman–Crippen MR) is 261 cm³/mol. The van der Waals surface area contributed by atoms with Crippen molar-refractivity contribution in [2.45, 2.75) is 231 Å². The zero-order valence-corrected chi connectivity index (χ0v) is 45.7. The lowest BCUT2D eigenvalue weighted by Crippen LogP contribution is -2.71. The number of rotatable bonds is 22. The van der Waals surface area contributed by atoms with Crippen LogP contribution in [-0.2, 0) is 76.1 Å². The Labute approximate surface area is 476 Å². The van der Waals surface area contributed by atoms with E-state index in [0.717, 1.165) is 27.7 Å². The average Bonchev–Trinajstić information content (AvgIpc) is 1.99. The van der Waals surface area contributed by atoms with Crippen molar-refractivity contribution in [2.75, 3.05) is 33.0 Å². The van der Waals surface area contributed by atoms with E-state index in [2.05, 4.69) is 21.3 Å². The molecule has 4 amide bonds. The van der Waals surface area contributed by atoms with E-state index in [9.17, 15) is 111 Å². The Balaban J connectivity index is 1.32. The fraction of sp³-hybridized carbons (Fsp3) is 0.894. The van der Waals surface area contributed by atoms with E-state index in [-0.39, 0.29) is 0 Å². The molecule has 0 spiro atoms. The van der Waals surface area contributed by atoms with Crippen molar-refractivity contribution in [1.29, 1.82) is 0 Å². The minimum absolute atomic E-state index is 0.800. The summed E-state index contributed by atoms with van der Waals surface area (Å²) in [6, 6.07) is -6.97. The van der Waals surface area contributed by atoms with Gasteiger partial charge >= 0.3 is 5.97 Å². The standard InChI is InChI=1S/C47H78N4O33/c1-12-27(62)33(68)34(69)44(75-12)80-36-21(10-55)79-42(26(51-16(5)59)39(36)82-43-24(49-14(3)57)32(67)29(64)19(8-53)77-43)74-11-22-31(66)37(25(41(71)76-22)50-15(4)58)81-45-35(70)40(30(65)20(9-54)78-45)84-47(46(72)73)6-17(60)23(48-13(2)56)38(83-47)28(63)18(61)7-52/h12,17-45,52-55,60-71H,6-11H2,1-5H3,(H,48,56)(H,49,57)(H,50,58)(H,51,59)(H,72,73)/t12-,17-,18+,19+,20+,21+,22+,23+,24+,25+,26+,27+,28+,29+,30-,31-,32+,33+,34-,35+,36+,37+,38+,39+,40-,41-,42+,43-,44-,45-,47-/m0/s1. The molecule has 6 fully saturated rings. The molecule has 6 aliphatic rings. The number of carbonyl (C=O) groups excluding carboxylic acids is 4. The quantitative estimate of drug-likeness (QED) is 0.0479. The first-order valence-electron chi connectivity index (χ1n) is 26.6. The molecule has 0 saturated carbocycles. The number of carboxylic acid groups (broad SMARTS) is 1. The monoisotopic (exact) mass is 1230 g/mol. The first-order chi connectivity index (χ1) is 39.4. The molecule has 0 aromatic rings. The third-order valence-corrected chi connectivity index (χ3v) is 15.0. The molecule has 21 N–H and O–H groups in total. The van der Waals surface area contributed by atoms with Crippen LogP contribution in [0.15, 0.2) is 0 Å². The molecule has 37 heteroatoms. The van der Waals surface area contributed by atoms with Crippen molar-refractivity contribution >= 4 is 29.6 Å². The van der Waals surface area contributed by atoms with E-state index < -0.39 is 259 Å². The van der Waals surface area contributed by atoms with Crippen LogP contribution in [0.2, 0.25) is 0 Å². The molecule has 6 aliphatic heterocycles. The summed E-state index contributed by atoms with van der Waals surface area (Å²) < 4.78 is 64.7. The van der Waals surface area contributed by atoms with Gasteiger partial charge in [-0.05, 0) is 6.92 Å². The summed E-state index contributed by atoms with van der Waals surface area (Å²) in [5.74, 6) is -8.71. The van der Waals surface area contributed by atoms with Gasteiger partial charge in [0.05, 0.1) is 51.3 Å². The molecule has 6 saturated heterocycles. The number of aliphatic hydroxyl groups excluding tert-OH is 16. The van der Waals surface area contributed by atoms with Crippen molar-refractivity contribution in [3.8, 4) is 0 Å². The SMILES string of the molecule is CC(=O)N[C@@H]1[C@@H](O[C@@H]2O[C@H](CO)[C@H](O)[C@H](O[C@]3(C(=O)O)C[C@H](O)[C@@H](NC(C)=O)[C@H]([C@H](O)[C@H](O)CO)O3)[C@H]2O)[C@@H](O)[C@@H](CO[C@@H]2O[C@H](CO)[C@@H](O[C@@H]3O[C@@H](C)[C@@H](O)[C@@H](O)[C@@H]3O)[C@H](O[C@@H]3O[C@H](CO)[C@@H](O)[C@H](O)[C@H]3NC(C)=O)[C@H]2NC(C)=O)O[C@@H]1O.